The molecule has 94 valence electrons. The van der Waals surface area contributed by atoms with Crippen LogP contribution in [-0.4, -0.2) is 22.8 Å². The van der Waals surface area contributed by atoms with Crippen LogP contribution in [0.15, 0.2) is 6.20 Å². The molecule has 0 amide bonds. The highest BCUT2D eigenvalue weighted by atomic mass is 16.5. The second kappa shape index (κ2) is 4.30. The average molecular weight is 235 g/mol. The average Bonchev–Trinajstić information content (AvgIpc) is 3.07. The maximum absolute atomic E-state index is 10.4. The number of aliphatic hydroxyl groups is 1. The quantitative estimate of drug-likeness (QED) is 0.871. The molecule has 1 atom stereocenters. The van der Waals surface area contributed by atoms with Gasteiger partial charge in [0, 0.05) is 29.4 Å². The molecular weight excluding hydrogens is 214 g/mol. The number of pyridine rings is 1. The fourth-order valence-electron chi connectivity index (χ4n) is 2.44. The lowest BCUT2D eigenvalue weighted by molar-refractivity contribution is 0.0360. The van der Waals surface area contributed by atoms with Crippen molar-refractivity contribution in [3.8, 4) is 5.75 Å². The third-order valence-corrected chi connectivity index (χ3v) is 3.73. The van der Waals surface area contributed by atoms with Crippen molar-refractivity contribution in [2.24, 2.45) is 5.92 Å². The van der Waals surface area contributed by atoms with Gasteiger partial charge >= 0.3 is 0 Å². The first-order valence-electron chi connectivity index (χ1n) is 6.17. The van der Waals surface area contributed by atoms with Crippen molar-refractivity contribution in [1.29, 1.82) is 0 Å². The van der Waals surface area contributed by atoms with E-state index in [4.69, 9.17) is 4.74 Å². The Morgan fingerprint density at radius 1 is 1.47 bits per heavy atom. The SMILES string of the molecule is COc1c(C)cnc(CC(C)(O)C2CC2)c1C. The lowest BCUT2D eigenvalue weighted by Crippen LogP contribution is -2.30. The van der Waals surface area contributed by atoms with E-state index in [2.05, 4.69) is 4.98 Å². The fraction of sp³-hybridized carbons (Fsp3) is 0.643. The van der Waals surface area contributed by atoms with E-state index in [0.717, 1.165) is 35.4 Å². The van der Waals surface area contributed by atoms with Gasteiger partial charge in [0.1, 0.15) is 5.75 Å². The first-order chi connectivity index (χ1) is 7.95. The number of ether oxygens (including phenoxy) is 1. The highest BCUT2D eigenvalue weighted by Crippen LogP contribution is 2.41. The minimum Gasteiger partial charge on any atom is -0.496 e. The van der Waals surface area contributed by atoms with E-state index in [0.29, 0.717) is 12.3 Å². The molecule has 0 bridgehead atoms. The monoisotopic (exact) mass is 235 g/mol. The molecule has 0 spiro atoms. The highest BCUT2D eigenvalue weighted by molar-refractivity contribution is 5.41. The summed E-state index contributed by atoms with van der Waals surface area (Å²) in [6.45, 7) is 5.91. The summed E-state index contributed by atoms with van der Waals surface area (Å²) in [6.07, 6.45) is 4.70. The van der Waals surface area contributed by atoms with Gasteiger partial charge in [-0.2, -0.15) is 0 Å². The number of hydrogen-bond donors (Lipinski definition) is 1. The molecule has 0 aromatic carbocycles. The molecular formula is C14H21NO2. The van der Waals surface area contributed by atoms with E-state index >= 15 is 0 Å². The Balaban J connectivity index is 2.27. The van der Waals surface area contributed by atoms with Crippen molar-refractivity contribution in [3.63, 3.8) is 0 Å². The minimum absolute atomic E-state index is 0.441. The molecule has 1 saturated carbocycles. The molecule has 0 aliphatic heterocycles. The molecule has 1 aliphatic rings. The summed E-state index contributed by atoms with van der Waals surface area (Å²) in [5, 5.41) is 10.4. The highest BCUT2D eigenvalue weighted by Gasteiger charge is 2.40. The van der Waals surface area contributed by atoms with Crippen LogP contribution in [0, 0.1) is 19.8 Å². The summed E-state index contributed by atoms with van der Waals surface area (Å²) in [5.41, 5.74) is 2.41. The molecule has 1 unspecified atom stereocenters. The molecule has 1 aliphatic carbocycles. The molecule has 1 aromatic heterocycles. The Labute approximate surface area is 103 Å². The summed E-state index contributed by atoms with van der Waals surface area (Å²) < 4.78 is 5.39. The van der Waals surface area contributed by atoms with Crippen LogP contribution in [0.2, 0.25) is 0 Å². The zero-order valence-corrected chi connectivity index (χ0v) is 11.1. The molecule has 3 heteroatoms. The van der Waals surface area contributed by atoms with Gasteiger partial charge in [0.2, 0.25) is 0 Å². The maximum atomic E-state index is 10.4. The number of aryl methyl sites for hydroxylation is 1. The van der Waals surface area contributed by atoms with Crippen LogP contribution < -0.4 is 4.74 Å². The summed E-state index contributed by atoms with van der Waals surface area (Å²) in [4.78, 5) is 4.44. The third-order valence-electron chi connectivity index (χ3n) is 3.73. The Kier molecular flexibility index (Phi) is 3.13. The van der Waals surface area contributed by atoms with E-state index in [1.165, 1.54) is 0 Å². The molecule has 0 radical (unpaired) electrons. The van der Waals surface area contributed by atoms with E-state index in [1.54, 1.807) is 7.11 Å². The van der Waals surface area contributed by atoms with Gasteiger partial charge in [-0.05, 0) is 39.5 Å². The number of hydrogen-bond acceptors (Lipinski definition) is 3. The van der Waals surface area contributed by atoms with E-state index in [1.807, 2.05) is 27.0 Å². The standard InChI is InChI=1S/C14H21NO2/c1-9-8-15-12(10(2)13(9)17-4)7-14(3,16)11-5-6-11/h8,11,16H,5-7H2,1-4H3. The largest absolute Gasteiger partial charge is 0.496 e. The van der Waals surface area contributed by atoms with Gasteiger partial charge in [-0.1, -0.05) is 0 Å². The van der Waals surface area contributed by atoms with E-state index < -0.39 is 5.60 Å². The smallest absolute Gasteiger partial charge is 0.128 e. The van der Waals surface area contributed by atoms with Crippen molar-refractivity contribution in [1.82, 2.24) is 4.98 Å². The first-order valence-corrected chi connectivity index (χ1v) is 6.17. The Morgan fingerprint density at radius 2 is 2.12 bits per heavy atom. The molecule has 2 rings (SSSR count). The third kappa shape index (κ3) is 2.44. The fourth-order valence-corrected chi connectivity index (χ4v) is 2.44. The van der Waals surface area contributed by atoms with Gasteiger partial charge < -0.3 is 9.84 Å². The Hall–Kier alpha value is -1.09. The predicted molar refractivity (Wildman–Crippen MR) is 67.3 cm³/mol. The van der Waals surface area contributed by atoms with Crippen molar-refractivity contribution in [2.45, 2.75) is 45.6 Å². The van der Waals surface area contributed by atoms with Gasteiger partial charge in [-0.25, -0.2) is 0 Å². The summed E-state index contributed by atoms with van der Waals surface area (Å²) >= 11 is 0. The Morgan fingerprint density at radius 3 is 2.65 bits per heavy atom. The van der Waals surface area contributed by atoms with Gasteiger partial charge in [0.05, 0.1) is 12.7 Å². The van der Waals surface area contributed by atoms with Crippen LogP contribution in [-0.2, 0) is 6.42 Å². The molecule has 1 fully saturated rings. The number of aromatic nitrogens is 1. The zero-order chi connectivity index (χ0) is 12.6. The number of methoxy groups -OCH3 is 1. The lowest BCUT2D eigenvalue weighted by Gasteiger charge is -2.24. The van der Waals surface area contributed by atoms with Crippen molar-refractivity contribution in [2.75, 3.05) is 7.11 Å². The number of nitrogens with zero attached hydrogens (tertiary/aromatic N) is 1. The van der Waals surface area contributed by atoms with Crippen molar-refractivity contribution < 1.29 is 9.84 Å². The van der Waals surface area contributed by atoms with Crippen LogP contribution >= 0.6 is 0 Å². The molecule has 1 N–H and O–H groups in total. The minimum atomic E-state index is -0.627. The summed E-state index contributed by atoms with van der Waals surface area (Å²) in [6, 6.07) is 0. The van der Waals surface area contributed by atoms with Crippen LogP contribution in [0.1, 0.15) is 36.6 Å². The normalized spacial score (nSPS) is 18.9. The maximum Gasteiger partial charge on any atom is 0.128 e. The van der Waals surface area contributed by atoms with Gasteiger partial charge in [0.25, 0.3) is 0 Å². The van der Waals surface area contributed by atoms with Crippen LogP contribution in [0.5, 0.6) is 5.75 Å². The van der Waals surface area contributed by atoms with Gasteiger partial charge in [-0.3, -0.25) is 4.98 Å². The van der Waals surface area contributed by atoms with E-state index in [9.17, 15) is 5.11 Å². The van der Waals surface area contributed by atoms with Gasteiger partial charge in [0.15, 0.2) is 0 Å². The lowest BCUT2D eigenvalue weighted by atomic mass is 9.92. The van der Waals surface area contributed by atoms with Crippen LogP contribution in [0.4, 0.5) is 0 Å². The Bertz CT molecular complexity index is 422. The molecule has 1 aromatic rings. The van der Waals surface area contributed by atoms with Crippen molar-refractivity contribution in [3.05, 3.63) is 23.0 Å². The first kappa shape index (κ1) is 12.4. The topological polar surface area (TPSA) is 42.4 Å². The van der Waals surface area contributed by atoms with Gasteiger partial charge in [-0.15, -0.1) is 0 Å². The van der Waals surface area contributed by atoms with Crippen LogP contribution in [0.3, 0.4) is 0 Å². The zero-order valence-electron chi connectivity index (χ0n) is 11.1. The molecule has 17 heavy (non-hydrogen) atoms. The second-order valence-corrected chi connectivity index (χ2v) is 5.35. The van der Waals surface area contributed by atoms with E-state index in [-0.39, 0.29) is 0 Å². The summed E-state index contributed by atoms with van der Waals surface area (Å²) in [5.74, 6) is 1.33. The molecule has 3 nitrogen and oxygen atoms in total. The second-order valence-electron chi connectivity index (χ2n) is 5.35. The summed E-state index contributed by atoms with van der Waals surface area (Å²) in [7, 11) is 1.68. The van der Waals surface area contributed by atoms with Crippen LogP contribution in [0.25, 0.3) is 0 Å². The molecule has 0 saturated heterocycles. The predicted octanol–water partition coefficient (Wildman–Crippen LogP) is 2.41. The van der Waals surface area contributed by atoms with Crippen molar-refractivity contribution >= 4 is 0 Å². The molecule has 1 heterocycles. The number of rotatable bonds is 4.